The average molecular weight is 447 g/mol. The number of ether oxygens (including phenoxy) is 2. The van der Waals surface area contributed by atoms with Gasteiger partial charge < -0.3 is 14.8 Å². The molecule has 2 aromatic carbocycles. The number of carbonyl (C=O) groups excluding carboxylic acids is 1. The van der Waals surface area contributed by atoms with Gasteiger partial charge in [0.05, 0.1) is 18.0 Å². The van der Waals surface area contributed by atoms with Gasteiger partial charge >= 0.3 is 0 Å². The summed E-state index contributed by atoms with van der Waals surface area (Å²) >= 11 is 0. The predicted molar refractivity (Wildman–Crippen MR) is 121 cm³/mol. The summed E-state index contributed by atoms with van der Waals surface area (Å²) < 4.78 is 36.4. The molecule has 1 aliphatic heterocycles. The maximum Gasteiger partial charge on any atom is 0.261 e. The second kappa shape index (κ2) is 8.42. The summed E-state index contributed by atoms with van der Waals surface area (Å²) in [4.78, 5) is 12.9. The van der Waals surface area contributed by atoms with Crippen LogP contribution in [-0.4, -0.2) is 39.3 Å². The molecule has 7 nitrogen and oxygen atoms in total. The lowest BCUT2D eigenvalue weighted by atomic mass is 9.89. The molecule has 168 valence electrons. The Kier molecular flexibility index (Phi) is 6.23. The lowest BCUT2D eigenvalue weighted by Gasteiger charge is -2.38. The van der Waals surface area contributed by atoms with E-state index in [-0.39, 0.29) is 11.9 Å². The van der Waals surface area contributed by atoms with E-state index in [1.807, 2.05) is 39.0 Å². The molecular formula is C23H30N2O5S. The molecule has 0 fully saturated rings. The van der Waals surface area contributed by atoms with E-state index in [1.165, 1.54) is 11.4 Å². The zero-order chi connectivity index (χ0) is 23.0. The first kappa shape index (κ1) is 22.9. The molecule has 31 heavy (non-hydrogen) atoms. The van der Waals surface area contributed by atoms with Gasteiger partial charge in [-0.15, -0.1) is 0 Å². The van der Waals surface area contributed by atoms with Crippen molar-refractivity contribution in [3.05, 3.63) is 53.6 Å². The van der Waals surface area contributed by atoms with Crippen LogP contribution >= 0.6 is 0 Å². The highest BCUT2D eigenvalue weighted by atomic mass is 32.2. The Morgan fingerprint density at radius 1 is 1.23 bits per heavy atom. The van der Waals surface area contributed by atoms with Crippen molar-refractivity contribution in [3.63, 3.8) is 0 Å². The second-order valence-corrected chi connectivity index (χ2v) is 10.7. The summed E-state index contributed by atoms with van der Waals surface area (Å²) in [7, 11) is -1.86. The minimum Gasteiger partial charge on any atom is -0.487 e. The van der Waals surface area contributed by atoms with E-state index in [1.54, 1.807) is 31.2 Å². The Labute approximate surface area is 184 Å². The highest BCUT2D eigenvalue weighted by molar-refractivity contribution is 7.92. The maximum atomic E-state index is 12.9. The van der Waals surface area contributed by atoms with Gasteiger partial charge in [0, 0.05) is 19.0 Å². The number of amides is 1. The van der Waals surface area contributed by atoms with E-state index in [9.17, 15) is 13.2 Å². The van der Waals surface area contributed by atoms with Crippen LogP contribution in [0.15, 0.2) is 42.5 Å². The number of nitrogens with one attached hydrogen (secondary N) is 1. The third-order valence-corrected chi connectivity index (χ3v) is 6.52. The molecule has 0 radical (unpaired) electrons. The number of rotatable bonds is 6. The van der Waals surface area contributed by atoms with Gasteiger partial charge in [0.25, 0.3) is 5.91 Å². The van der Waals surface area contributed by atoms with Gasteiger partial charge in [0.1, 0.15) is 17.1 Å². The van der Waals surface area contributed by atoms with Crippen molar-refractivity contribution < 1.29 is 22.7 Å². The van der Waals surface area contributed by atoms with Gasteiger partial charge in [0.15, 0.2) is 6.10 Å². The fourth-order valence-electron chi connectivity index (χ4n) is 3.58. The van der Waals surface area contributed by atoms with E-state index in [4.69, 9.17) is 9.47 Å². The zero-order valence-electron chi connectivity index (χ0n) is 18.8. The van der Waals surface area contributed by atoms with E-state index in [0.29, 0.717) is 17.9 Å². The van der Waals surface area contributed by atoms with Crippen LogP contribution in [0, 0.1) is 6.92 Å². The van der Waals surface area contributed by atoms with Crippen LogP contribution < -0.4 is 19.1 Å². The molecule has 1 heterocycles. The van der Waals surface area contributed by atoms with Crippen LogP contribution in [0.4, 0.5) is 5.69 Å². The molecule has 1 N–H and O–H groups in total. The summed E-state index contributed by atoms with van der Waals surface area (Å²) in [5.41, 5.74) is 2.19. The molecule has 0 spiro atoms. The fraction of sp³-hybridized carbons (Fsp3) is 0.435. The second-order valence-electron chi connectivity index (χ2n) is 8.65. The fourth-order valence-corrected chi connectivity index (χ4v) is 4.08. The number of sulfonamides is 1. The molecule has 3 rings (SSSR count). The Balaban J connectivity index is 1.69. The highest BCUT2D eigenvalue weighted by Gasteiger charge is 2.35. The highest BCUT2D eigenvalue weighted by Crippen LogP contribution is 2.40. The van der Waals surface area contributed by atoms with Crippen LogP contribution in [0.25, 0.3) is 0 Å². The van der Waals surface area contributed by atoms with Crippen LogP contribution in [0.2, 0.25) is 0 Å². The average Bonchev–Trinajstić information content (AvgIpc) is 2.67. The van der Waals surface area contributed by atoms with Crippen LogP contribution in [0.5, 0.6) is 11.5 Å². The number of fused-ring (bicyclic) bond motifs is 1. The smallest absolute Gasteiger partial charge is 0.261 e. The van der Waals surface area contributed by atoms with Crippen LogP contribution in [-0.2, 0) is 14.8 Å². The van der Waals surface area contributed by atoms with Crippen molar-refractivity contribution >= 4 is 21.6 Å². The lowest BCUT2D eigenvalue weighted by molar-refractivity contribution is -0.128. The van der Waals surface area contributed by atoms with E-state index in [0.717, 1.165) is 23.1 Å². The molecule has 2 aromatic rings. The quantitative estimate of drug-likeness (QED) is 0.733. The Morgan fingerprint density at radius 2 is 1.87 bits per heavy atom. The van der Waals surface area contributed by atoms with Gasteiger partial charge in [-0.25, -0.2) is 8.42 Å². The van der Waals surface area contributed by atoms with Crippen molar-refractivity contribution in [3.8, 4) is 11.5 Å². The monoisotopic (exact) mass is 446 g/mol. The van der Waals surface area contributed by atoms with E-state index >= 15 is 0 Å². The van der Waals surface area contributed by atoms with Crippen molar-refractivity contribution in [1.82, 2.24) is 5.32 Å². The van der Waals surface area contributed by atoms with Crippen molar-refractivity contribution in [2.24, 2.45) is 0 Å². The van der Waals surface area contributed by atoms with Crippen molar-refractivity contribution in [1.29, 1.82) is 0 Å². The van der Waals surface area contributed by atoms with Gasteiger partial charge in [-0.1, -0.05) is 17.7 Å². The van der Waals surface area contributed by atoms with Crippen molar-refractivity contribution in [2.75, 3.05) is 17.6 Å². The third kappa shape index (κ3) is 5.50. The summed E-state index contributed by atoms with van der Waals surface area (Å²) in [6.45, 7) is 7.71. The zero-order valence-corrected chi connectivity index (χ0v) is 19.6. The third-order valence-electron chi connectivity index (χ3n) is 5.32. The molecule has 0 saturated heterocycles. The number of nitrogens with zero attached hydrogens (tertiary/aromatic N) is 1. The largest absolute Gasteiger partial charge is 0.487 e. The molecule has 1 amide bonds. The van der Waals surface area contributed by atoms with Gasteiger partial charge in [-0.2, -0.15) is 0 Å². The first-order chi connectivity index (χ1) is 14.4. The molecule has 8 heteroatoms. The maximum absolute atomic E-state index is 12.9. The molecule has 0 aliphatic carbocycles. The number of carbonyl (C=O) groups is 1. The number of hydrogen-bond donors (Lipinski definition) is 1. The minimum absolute atomic E-state index is 0.178. The van der Waals surface area contributed by atoms with Gasteiger partial charge in [-0.3, -0.25) is 9.10 Å². The molecule has 0 bridgehead atoms. The molecule has 0 saturated carbocycles. The standard InChI is InChI=1S/C23H30N2O5S/c1-15-7-12-21-19(13-15)20(14-23(3,4)30-21)24-22(26)16(2)29-18-10-8-17(9-11-18)25(5)31(6,27)28/h7-13,16,20H,14H2,1-6H3,(H,24,26)/t16-,20-/m1/s1. The van der Waals surface area contributed by atoms with Gasteiger partial charge in [-0.05, 0) is 58.0 Å². The lowest BCUT2D eigenvalue weighted by Crippen LogP contribution is -2.44. The number of benzene rings is 2. The Bertz CT molecular complexity index is 1060. The topological polar surface area (TPSA) is 84.9 Å². The molecule has 2 atom stereocenters. The predicted octanol–water partition coefficient (Wildman–Crippen LogP) is 3.58. The Hall–Kier alpha value is -2.74. The van der Waals surface area contributed by atoms with E-state index in [2.05, 4.69) is 5.32 Å². The normalized spacial score (nSPS) is 18.3. The summed E-state index contributed by atoms with van der Waals surface area (Å²) in [5.74, 6) is 1.04. The minimum atomic E-state index is -3.34. The first-order valence-corrected chi connectivity index (χ1v) is 12.0. The summed E-state index contributed by atoms with van der Waals surface area (Å²) in [6.07, 6.45) is 1.06. The van der Waals surface area contributed by atoms with Crippen molar-refractivity contribution in [2.45, 2.75) is 51.9 Å². The summed E-state index contributed by atoms with van der Waals surface area (Å²) in [5, 5.41) is 3.10. The number of hydrogen-bond acceptors (Lipinski definition) is 5. The first-order valence-electron chi connectivity index (χ1n) is 10.2. The van der Waals surface area contributed by atoms with E-state index < -0.39 is 21.7 Å². The molecule has 0 unspecified atom stereocenters. The Morgan fingerprint density at radius 3 is 2.48 bits per heavy atom. The number of aryl methyl sites for hydroxylation is 1. The van der Waals surface area contributed by atoms with Gasteiger partial charge in [0.2, 0.25) is 10.0 Å². The molecular weight excluding hydrogens is 416 g/mol. The SMILES string of the molecule is Cc1ccc2c(c1)[C@H](NC(=O)[C@@H](C)Oc1ccc(N(C)S(C)(=O)=O)cc1)CC(C)(C)O2. The van der Waals surface area contributed by atoms with Crippen LogP contribution in [0.1, 0.15) is 44.4 Å². The molecule has 1 aliphatic rings. The molecule has 0 aromatic heterocycles. The van der Waals surface area contributed by atoms with Crippen LogP contribution in [0.3, 0.4) is 0 Å². The summed E-state index contributed by atoms with van der Waals surface area (Å²) in [6, 6.07) is 12.4. The number of anilines is 1.